The van der Waals surface area contributed by atoms with Gasteiger partial charge in [-0.3, -0.25) is 4.79 Å². The van der Waals surface area contributed by atoms with Gasteiger partial charge in [0.25, 0.3) is 0 Å². The summed E-state index contributed by atoms with van der Waals surface area (Å²) in [6.45, 7) is 5.06. The molecule has 2 rings (SSSR count). The predicted octanol–water partition coefficient (Wildman–Crippen LogP) is 2.16. The number of carbonyl (C=O) groups is 1. The highest BCUT2D eigenvalue weighted by Crippen LogP contribution is 2.33. The largest absolute Gasteiger partial charge is 0.478 e. The molecule has 0 saturated carbocycles. The highest BCUT2D eigenvalue weighted by Gasteiger charge is 2.41. The van der Waals surface area contributed by atoms with E-state index in [9.17, 15) is 9.90 Å². The zero-order valence-electron chi connectivity index (χ0n) is 11.5. The minimum Gasteiger partial charge on any atom is -0.478 e. The molecule has 0 saturated heterocycles. The fourth-order valence-corrected chi connectivity index (χ4v) is 2.12. The van der Waals surface area contributed by atoms with E-state index in [-0.39, 0.29) is 23.9 Å². The second-order valence-corrected chi connectivity index (χ2v) is 4.52. The van der Waals surface area contributed by atoms with Crippen LogP contribution in [0.25, 0.3) is 0 Å². The lowest BCUT2D eigenvalue weighted by Gasteiger charge is -2.35. The highest BCUT2D eigenvalue weighted by atomic mass is 16.7. The van der Waals surface area contributed by atoms with Crippen molar-refractivity contribution in [2.45, 2.75) is 39.4 Å². The van der Waals surface area contributed by atoms with E-state index in [1.54, 1.807) is 0 Å². The van der Waals surface area contributed by atoms with Crippen LogP contribution in [0.5, 0.6) is 6.08 Å². The van der Waals surface area contributed by atoms with E-state index >= 15 is 0 Å². The lowest BCUT2D eigenvalue weighted by molar-refractivity contribution is -0.157. The number of nitrogens with zero attached hydrogens (tertiary/aromatic N) is 1. The van der Waals surface area contributed by atoms with Crippen LogP contribution >= 0.6 is 0 Å². The van der Waals surface area contributed by atoms with Crippen LogP contribution in [-0.4, -0.2) is 28.3 Å². The van der Waals surface area contributed by atoms with Crippen molar-refractivity contribution in [2.24, 2.45) is 5.92 Å². The summed E-state index contributed by atoms with van der Waals surface area (Å²) in [4.78, 5) is 15.0. The SMILES string of the molecule is CC[C@H]1OC(O)=C(Oc2ncco2)[C@@H](OC(C)=O)[C@H]1C. The molecule has 7 heteroatoms. The van der Waals surface area contributed by atoms with Crippen molar-refractivity contribution in [2.75, 3.05) is 0 Å². The minimum absolute atomic E-state index is 0.0140. The molecule has 0 spiro atoms. The summed E-state index contributed by atoms with van der Waals surface area (Å²) in [5, 5.41) is 9.94. The van der Waals surface area contributed by atoms with Gasteiger partial charge in [0.05, 0.1) is 6.20 Å². The average molecular weight is 283 g/mol. The van der Waals surface area contributed by atoms with Crippen LogP contribution in [-0.2, 0) is 14.3 Å². The third-order valence-corrected chi connectivity index (χ3v) is 3.10. The summed E-state index contributed by atoms with van der Waals surface area (Å²) in [6.07, 6.45) is 2.31. The Hall–Kier alpha value is -2.18. The summed E-state index contributed by atoms with van der Waals surface area (Å²) >= 11 is 0. The van der Waals surface area contributed by atoms with Crippen molar-refractivity contribution < 1.29 is 28.5 Å². The first-order valence-electron chi connectivity index (χ1n) is 6.37. The zero-order chi connectivity index (χ0) is 14.7. The Labute approximate surface area is 116 Å². The maximum atomic E-state index is 11.2. The van der Waals surface area contributed by atoms with Crippen molar-refractivity contribution in [1.82, 2.24) is 4.98 Å². The van der Waals surface area contributed by atoms with Crippen molar-refractivity contribution in [3.05, 3.63) is 24.2 Å². The molecular weight excluding hydrogens is 266 g/mol. The van der Waals surface area contributed by atoms with Gasteiger partial charge in [0.15, 0.2) is 6.10 Å². The lowest BCUT2D eigenvalue weighted by Crippen LogP contribution is -2.42. The van der Waals surface area contributed by atoms with Gasteiger partial charge in [-0.1, -0.05) is 13.8 Å². The molecule has 0 aromatic carbocycles. The maximum Gasteiger partial charge on any atom is 0.399 e. The summed E-state index contributed by atoms with van der Waals surface area (Å²) in [5.41, 5.74) is 0. The maximum absolute atomic E-state index is 11.2. The van der Waals surface area contributed by atoms with Gasteiger partial charge in [-0.15, -0.1) is 0 Å². The molecule has 3 atom stereocenters. The second kappa shape index (κ2) is 5.85. The summed E-state index contributed by atoms with van der Waals surface area (Å²) in [6, 6.07) is 0. The third kappa shape index (κ3) is 2.87. The predicted molar refractivity (Wildman–Crippen MR) is 66.7 cm³/mol. The molecule has 1 aromatic rings. The zero-order valence-corrected chi connectivity index (χ0v) is 11.5. The van der Waals surface area contributed by atoms with Gasteiger partial charge in [0, 0.05) is 12.8 Å². The van der Waals surface area contributed by atoms with Gasteiger partial charge in [0.1, 0.15) is 12.4 Å². The number of aliphatic hydroxyl groups excluding tert-OH is 1. The number of hydrogen-bond acceptors (Lipinski definition) is 7. The van der Waals surface area contributed by atoms with E-state index in [4.69, 9.17) is 18.6 Å². The third-order valence-electron chi connectivity index (χ3n) is 3.10. The van der Waals surface area contributed by atoms with Crippen LogP contribution in [0, 0.1) is 5.92 Å². The van der Waals surface area contributed by atoms with Crippen LogP contribution in [0.1, 0.15) is 27.2 Å². The molecule has 20 heavy (non-hydrogen) atoms. The van der Waals surface area contributed by atoms with Crippen LogP contribution in [0.3, 0.4) is 0 Å². The first-order chi connectivity index (χ1) is 9.52. The van der Waals surface area contributed by atoms with E-state index in [0.717, 1.165) is 0 Å². The Morgan fingerprint density at radius 1 is 1.55 bits per heavy atom. The molecule has 1 aliphatic heterocycles. The van der Waals surface area contributed by atoms with E-state index < -0.39 is 18.0 Å². The van der Waals surface area contributed by atoms with Crippen LogP contribution in [0.4, 0.5) is 0 Å². The molecule has 0 unspecified atom stereocenters. The molecule has 0 aliphatic carbocycles. The van der Waals surface area contributed by atoms with E-state index in [2.05, 4.69) is 4.98 Å². The standard InChI is InChI=1S/C13H17NO6/c1-4-9-7(2)10(18-8(3)15)11(12(16)19-9)20-13-14-5-6-17-13/h5-7,9-10,16H,4H2,1-3H3/t7-,9+,10-/m0/s1. The Morgan fingerprint density at radius 2 is 2.30 bits per heavy atom. The number of aliphatic hydroxyl groups is 1. The average Bonchev–Trinajstić information content (AvgIpc) is 2.90. The summed E-state index contributed by atoms with van der Waals surface area (Å²) < 4.78 is 20.9. The molecule has 1 aromatic heterocycles. The Balaban J connectivity index is 2.29. The Morgan fingerprint density at radius 3 is 2.85 bits per heavy atom. The van der Waals surface area contributed by atoms with E-state index in [1.807, 2.05) is 13.8 Å². The molecule has 0 amide bonds. The van der Waals surface area contributed by atoms with E-state index in [1.165, 1.54) is 19.4 Å². The minimum atomic E-state index is -0.752. The van der Waals surface area contributed by atoms with Gasteiger partial charge >= 0.3 is 18.0 Å². The molecular formula is C13H17NO6. The smallest absolute Gasteiger partial charge is 0.399 e. The van der Waals surface area contributed by atoms with Crippen molar-refractivity contribution in [1.29, 1.82) is 0 Å². The first kappa shape index (κ1) is 14.2. The molecule has 110 valence electrons. The van der Waals surface area contributed by atoms with Gasteiger partial charge in [-0.2, -0.15) is 4.98 Å². The van der Waals surface area contributed by atoms with Crippen molar-refractivity contribution in [3.8, 4) is 6.08 Å². The van der Waals surface area contributed by atoms with Crippen LogP contribution < -0.4 is 4.74 Å². The van der Waals surface area contributed by atoms with Crippen LogP contribution in [0.2, 0.25) is 0 Å². The molecule has 1 N–H and O–H groups in total. The second-order valence-electron chi connectivity index (χ2n) is 4.52. The van der Waals surface area contributed by atoms with Gasteiger partial charge in [-0.25, -0.2) is 0 Å². The topological polar surface area (TPSA) is 91.0 Å². The number of carbonyl (C=O) groups excluding carboxylic acids is 1. The normalized spacial score (nSPS) is 26.1. The Kier molecular flexibility index (Phi) is 4.16. The summed E-state index contributed by atoms with van der Waals surface area (Å²) in [5.74, 6) is -1.08. The fraction of sp³-hybridized carbons (Fsp3) is 0.538. The lowest BCUT2D eigenvalue weighted by atomic mass is 9.92. The number of oxazole rings is 1. The number of esters is 1. The summed E-state index contributed by atoms with van der Waals surface area (Å²) in [7, 11) is 0. The number of ether oxygens (including phenoxy) is 3. The molecule has 0 bridgehead atoms. The molecule has 7 nitrogen and oxygen atoms in total. The van der Waals surface area contributed by atoms with Crippen molar-refractivity contribution >= 4 is 5.97 Å². The number of hydrogen-bond donors (Lipinski definition) is 1. The Bertz CT molecular complexity index is 495. The van der Waals surface area contributed by atoms with E-state index in [0.29, 0.717) is 6.42 Å². The van der Waals surface area contributed by atoms with Crippen LogP contribution in [0.15, 0.2) is 28.6 Å². The molecule has 0 fully saturated rings. The molecule has 1 aliphatic rings. The first-order valence-corrected chi connectivity index (χ1v) is 6.37. The quantitative estimate of drug-likeness (QED) is 0.846. The number of rotatable bonds is 4. The van der Waals surface area contributed by atoms with Crippen molar-refractivity contribution in [3.63, 3.8) is 0 Å². The monoisotopic (exact) mass is 283 g/mol. The molecule has 0 radical (unpaired) electrons. The number of aromatic nitrogens is 1. The van der Waals surface area contributed by atoms with Gasteiger partial charge < -0.3 is 23.7 Å². The van der Waals surface area contributed by atoms with Gasteiger partial charge in [-0.05, 0) is 6.42 Å². The highest BCUT2D eigenvalue weighted by molar-refractivity contribution is 5.66. The fourth-order valence-electron chi connectivity index (χ4n) is 2.12. The molecule has 2 heterocycles. The van der Waals surface area contributed by atoms with Gasteiger partial charge in [0.2, 0.25) is 5.76 Å².